The van der Waals surface area contributed by atoms with Gasteiger partial charge in [-0.05, 0) is 37.9 Å². The third-order valence-electron chi connectivity index (χ3n) is 3.10. The first-order chi connectivity index (χ1) is 7.12. The molecule has 1 saturated heterocycles. The van der Waals surface area contributed by atoms with Crippen LogP contribution in [0, 0.1) is 0 Å². The largest absolute Gasteiger partial charge is 0.393 e. The molecule has 1 heterocycles. The molecule has 0 aliphatic carbocycles. The van der Waals surface area contributed by atoms with Crippen molar-refractivity contribution in [3.63, 3.8) is 0 Å². The molecule has 2 nitrogen and oxygen atoms in total. The van der Waals surface area contributed by atoms with E-state index in [1.54, 1.807) is 0 Å². The van der Waals surface area contributed by atoms with Crippen molar-refractivity contribution < 1.29 is 5.11 Å². The van der Waals surface area contributed by atoms with Crippen molar-refractivity contribution in [2.75, 3.05) is 6.54 Å². The zero-order valence-electron chi connectivity index (χ0n) is 8.83. The van der Waals surface area contributed by atoms with Gasteiger partial charge in [0.2, 0.25) is 0 Å². The fourth-order valence-electron chi connectivity index (χ4n) is 2.27. The standard InChI is InChI=1S/C12H16BrNO/c1-12(8-9(15)6-7-14-12)10-4-2-3-5-11(10)13/h2-5,9,14-15H,6-8H2,1H3. The SMILES string of the molecule is CC1(c2ccccc2Br)CC(O)CCN1. The number of nitrogens with one attached hydrogen (secondary N) is 1. The molecule has 0 saturated carbocycles. The van der Waals surface area contributed by atoms with Gasteiger partial charge in [-0.2, -0.15) is 0 Å². The van der Waals surface area contributed by atoms with Gasteiger partial charge in [-0.15, -0.1) is 0 Å². The van der Waals surface area contributed by atoms with E-state index in [-0.39, 0.29) is 11.6 Å². The Balaban J connectivity index is 2.32. The molecule has 2 N–H and O–H groups in total. The summed E-state index contributed by atoms with van der Waals surface area (Å²) in [7, 11) is 0. The van der Waals surface area contributed by atoms with E-state index >= 15 is 0 Å². The lowest BCUT2D eigenvalue weighted by atomic mass is 9.83. The normalized spacial score (nSPS) is 31.5. The van der Waals surface area contributed by atoms with Gasteiger partial charge >= 0.3 is 0 Å². The van der Waals surface area contributed by atoms with Crippen molar-refractivity contribution in [2.45, 2.75) is 31.4 Å². The zero-order valence-corrected chi connectivity index (χ0v) is 10.4. The summed E-state index contributed by atoms with van der Waals surface area (Å²) in [6.07, 6.45) is 1.43. The molecule has 0 aromatic heterocycles. The van der Waals surface area contributed by atoms with Gasteiger partial charge in [0.1, 0.15) is 0 Å². The Morgan fingerprint density at radius 2 is 2.20 bits per heavy atom. The summed E-state index contributed by atoms with van der Waals surface area (Å²) in [5.41, 5.74) is 1.11. The zero-order chi connectivity index (χ0) is 10.9. The highest BCUT2D eigenvalue weighted by Crippen LogP contribution is 2.34. The third-order valence-corrected chi connectivity index (χ3v) is 3.80. The van der Waals surface area contributed by atoms with Crippen LogP contribution < -0.4 is 5.32 Å². The molecule has 3 heteroatoms. The topological polar surface area (TPSA) is 32.3 Å². The second-order valence-corrected chi connectivity index (χ2v) is 5.24. The molecule has 0 bridgehead atoms. The van der Waals surface area contributed by atoms with E-state index in [1.807, 2.05) is 18.2 Å². The summed E-state index contributed by atoms with van der Waals surface area (Å²) in [5.74, 6) is 0. The Labute approximate surface area is 98.8 Å². The quantitative estimate of drug-likeness (QED) is 0.821. The van der Waals surface area contributed by atoms with E-state index in [4.69, 9.17) is 0 Å². The molecule has 2 atom stereocenters. The van der Waals surface area contributed by atoms with Gasteiger partial charge in [-0.25, -0.2) is 0 Å². The van der Waals surface area contributed by atoms with Crippen LogP contribution in [0.15, 0.2) is 28.7 Å². The van der Waals surface area contributed by atoms with Gasteiger partial charge in [0.25, 0.3) is 0 Å². The Kier molecular flexibility index (Phi) is 3.14. The Bertz CT molecular complexity index is 355. The van der Waals surface area contributed by atoms with Crippen molar-refractivity contribution >= 4 is 15.9 Å². The minimum Gasteiger partial charge on any atom is -0.393 e. The summed E-state index contributed by atoms with van der Waals surface area (Å²) >= 11 is 3.57. The lowest BCUT2D eigenvalue weighted by Gasteiger charge is -2.38. The number of rotatable bonds is 1. The lowest BCUT2D eigenvalue weighted by Crippen LogP contribution is -2.48. The third kappa shape index (κ3) is 2.25. The van der Waals surface area contributed by atoms with Crippen LogP contribution in [0.4, 0.5) is 0 Å². The van der Waals surface area contributed by atoms with E-state index in [2.05, 4.69) is 34.2 Å². The van der Waals surface area contributed by atoms with Gasteiger partial charge in [-0.1, -0.05) is 34.1 Å². The highest BCUT2D eigenvalue weighted by molar-refractivity contribution is 9.10. The molecule has 2 rings (SSSR count). The number of aliphatic hydroxyl groups excluding tert-OH is 1. The van der Waals surface area contributed by atoms with Crippen LogP contribution >= 0.6 is 15.9 Å². The fourth-order valence-corrected chi connectivity index (χ4v) is 3.00. The predicted octanol–water partition coefficient (Wildman–Crippen LogP) is 2.41. The Morgan fingerprint density at radius 3 is 2.87 bits per heavy atom. The molecule has 1 aliphatic rings. The van der Waals surface area contributed by atoms with E-state index in [0.29, 0.717) is 0 Å². The Hall–Kier alpha value is -0.380. The average molecular weight is 270 g/mol. The molecule has 1 fully saturated rings. The number of hydrogen-bond donors (Lipinski definition) is 2. The molecule has 1 aromatic carbocycles. The van der Waals surface area contributed by atoms with Crippen molar-refractivity contribution in [3.8, 4) is 0 Å². The van der Waals surface area contributed by atoms with Crippen molar-refractivity contribution in [1.29, 1.82) is 0 Å². The summed E-state index contributed by atoms with van der Waals surface area (Å²) < 4.78 is 1.11. The number of hydrogen-bond acceptors (Lipinski definition) is 2. The number of aliphatic hydroxyl groups is 1. The molecule has 15 heavy (non-hydrogen) atoms. The minimum atomic E-state index is -0.191. The molecule has 1 aromatic rings. The van der Waals surface area contributed by atoms with Crippen LogP contribution in [-0.4, -0.2) is 17.8 Å². The summed E-state index contributed by atoms with van der Waals surface area (Å²) in [5, 5.41) is 13.2. The second-order valence-electron chi connectivity index (χ2n) is 4.39. The maximum Gasteiger partial charge on any atom is 0.0573 e. The van der Waals surface area contributed by atoms with Crippen LogP contribution in [0.25, 0.3) is 0 Å². The van der Waals surface area contributed by atoms with Gasteiger partial charge in [-0.3, -0.25) is 0 Å². The van der Waals surface area contributed by atoms with E-state index in [1.165, 1.54) is 5.56 Å². The second kappa shape index (κ2) is 4.24. The number of piperidine rings is 1. The van der Waals surface area contributed by atoms with Crippen molar-refractivity contribution in [2.24, 2.45) is 0 Å². The smallest absolute Gasteiger partial charge is 0.0573 e. The van der Waals surface area contributed by atoms with Gasteiger partial charge in [0, 0.05) is 10.0 Å². The molecule has 82 valence electrons. The summed E-state index contributed by atoms with van der Waals surface area (Å²) in [6.45, 7) is 3.02. The lowest BCUT2D eigenvalue weighted by molar-refractivity contribution is 0.0832. The number of benzene rings is 1. The minimum absolute atomic E-state index is 0.113. The molecule has 1 aliphatic heterocycles. The van der Waals surface area contributed by atoms with E-state index in [0.717, 1.165) is 23.9 Å². The molecular formula is C12H16BrNO. The molecule has 0 spiro atoms. The molecule has 2 unspecified atom stereocenters. The first kappa shape index (κ1) is 11.1. The monoisotopic (exact) mass is 269 g/mol. The van der Waals surface area contributed by atoms with E-state index in [9.17, 15) is 5.11 Å². The molecular weight excluding hydrogens is 254 g/mol. The van der Waals surface area contributed by atoms with Crippen molar-refractivity contribution in [1.82, 2.24) is 5.32 Å². The average Bonchev–Trinajstić information content (AvgIpc) is 2.17. The first-order valence-corrected chi connectivity index (χ1v) is 6.09. The summed E-state index contributed by atoms with van der Waals surface area (Å²) in [4.78, 5) is 0. The maximum atomic E-state index is 9.74. The van der Waals surface area contributed by atoms with Crippen molar-refractivity contribution in [3.05, 3.63) is 34.3 Å². The van der Waals surface area contributed by atoms with Crippen LogP contribution in [0.5, 0.6) is 0 Å². The fraction of sp³-hybridized carbons (Fsp3) is 0.500. The van der Waals surface area contributed by atoms with Gasteiger partial charge in [0.05, 0.1) is 6.10 Å². The highest BCUT2D eigenvalue weighted by Gasteiger charge is 2.33. The van der Waals surface area contributed by atoms with Gasteiger partial charge < -0.3 is 10.4 Å². The van der Waals surface area contributed by atoms with E-state index < -0.39 is 0 Å². The van der Waals surface area contributed by atoms with Crippen LogP contribution in [-0.2, 0) is 5.54 Å². The van der Waals surface area contributed by atoms with Crippen LogP contribution in [0.2, 0.25) is 0 Å². The van der Waals surface area contributed by atoms with Crippen LogP contribution in [0.3, 0.4) is 0 Å². The molecule has 0 amide bonds. The maximum absolute atomic E-state index is 9.74. The Morgan fingerprint density at radius 1 is 1.47 bits per heavy atom. The first-order valence-electron chi connectivity index (χ1n) is 5.30. The van der Waals surface area contributed by atoms with Crippen LogP contribution in [0.1, 0.15) is 25.3 Å². The highest BCUT2D eigenvalue weighted by atomic mass is 79.9. The number of halogens is 1. The molecule has 0 radical (unpaired) electrons. The predicted molar refractivity (Wildman–Crippen MR) is 64.7 cm³/mol. The van der Waals surface area contributed by atoms with Gasteiger partial charge in [0.15, 0.2) is 0 Å². The summed E-state index contributed by atoms with van der Waals surface area (Å²) in [6, 6.07) is 8.20.